The molecule has 1 aromatic rings. The summed E-state index contributed by atoms with van der Waals surface area (Å²) >= 11 is 7.18. The van der Waals surface area contributed by atoms with Crippen molar-refractivity contribution in [1.82, 2.24) is 0 Å². The molecule has 0 aliphatic rings. The maximum Gasteiger partial charge on any atom is 0.0932 e. The second kappa shape index (κ2) is 6.40. The topological polar surface area (TPSA) is 29.5 Å². The molecule has 1 heterocycles. The van der Waals surface area contributed by atoms with E-state index in [0.29, 0.717) is 17.4 Å². The van der Waals surface area contributed by atoms with Crippen molar-refractivity contribution in [2.75, 3.05) is 13.2 Å². The lowest BCUT2D eigenvalue weighted by atomic mass is 10.2. The van der Waals surface area contributed by atoms with Crippen LogP contribution < -0.4 is 0 Å². The van der Waals surface area contributed by atoms with Gasteiger partial charge in [-0.2, -0.15) is 0 Å². The number of thiophene rings is 1. The fraction of sp³-hybridized carbons (Fsp3) is 0.600. The first kappa shape index (κ1) is 12.0. The van der Waals surface area contributed by atoms with Gasteiger partial charge in [-0.05, 0) is 18.6 Å². The Bertz CT molecular complexity index is 262. The molecule has 0 aliphatic heterocycles. The van der Waals surface area contributed by atoms with E-state index in [4.69, 9.17) is 16.3 Å². The summed E-state index contributed by atoms with van der Waals surface area (Å²) in [5.41, 5.74) is 0. The molecule has 1 aromatic heterocycles. The molecule has 1 rings (SSSR count). The lowest BCUT2D eigenvalue weighted by Crippen LogP contribution is -2.02. The molecular formula is C10H15ClO2S. The standard InChI is InChI=1S/C10H15ClO2S/c1-2-6-13-7-5-8(12)9-3-4-10(11)14-9/h3-4,8,12H,2,5-7H2,1H3. The van der Waals surface area contributed by atoms with Crippen molar-refractivity contribution in [3.63, 3.8) is 0 Å². The molecule has 0 radical (unpaired) electrons. The van der Waals surface area contributed by atoms with E-state index in [1.807, 2.05) is 6.07 Å². The summed E-state index contributed by atoms with van der Waals surface area (Å²) in [4.78, 5) is 0.912. The van der Waals surface area contributed by atoms with Gasteiger partial charge in [0.1, 0.15) is 0 Å². The highest BCUT2D eigenvalue weighted by atomic mass is 35.5. The van der Waals surface area contributed by atoms with E-state index in [0.717, 1.165) is 17.9 Å². The Balaban J connectivity index is 2.25. The van der Waals surface area contributed by atoms with Crippen LogP contribution in [0.5, 0.6) is 0 Å². The van der Waals surface area contributed by atoms with Gasteiger partial charge in [-0.25, -0.2) is 0 Å². The van der Waals surface area contributed by atoms with Gasteiger partial charge in [0, 0.05) is 24.5 Å². The third-order valence-corrected chi connectivity index (χ3v) is 3.14. The van der Waals surface area contributed by atoms with Crippen LogP contribution in [0.3, 0.4) is 0 Å². The maximum absolute atomic E-state index is 9.70. The zero-order valence-electron chi connectivity index (χ0n) is 8.20. The van der Waals surface area contributed by atoms with E-state index >= 15 is 0 Å². The monoisotopic (exact) mass is 234 g/mol. The molecule has 1 unspecified atom stereocenters. The number of aliphatic hydroxyl groups excluding tert-OH is 1. The van der Waals surface area contributed by atoms with Crippen LogP contribution in [0.2, 0.25) is 4.34 Å². The van der Waals surface area contributed by atoms with Gasteiger partial charge in [-0.3, -0.25) is 0 Å². The predicted molar refractivity (Wildman–Crippen MR) is 60.0 cm³/mol. The number of hydrogen-bond donors (Lipinski definition) is 1. The normalized spacial score (nSPS) is 13.1. The molecule has 0 saturated carbocycles. The third-order valence-electron chi connectivity index (χ3n) is 1.81. The number of rotatable bonds is 6. The van der Waals surface area contributed by atoms with Crippen LogP contribution in [0.4, 0.5) is 0 Å². The first-order valence-corrected chi connectivity index (χ1v) is 5.94. The summed E-state index contributed by atoms with van der Waals surface area (Å²) in [5.74, 6) is 0. The second-order valence-electron chi connectivity index (χ2n) is 3.06. The Morgan fingerprint density at radius 3 is 2.86 bits per heavy atom. The molecule has 1 atom stereocenters. The summed E-state index contributed by atoms with van der Waals surface area (Å²) in [6.45, 7) is 3.43. The van der Waals surface area contributed by atoms with Crippen LogP contribution in [0.1, 0.15) is 30.7 Å². The minimum absolute atomic E-state index is 0.440. The molecule has 1 N–H and O–H groups in total. The minimum atomic E-state index is -0.440. The molecular weight excluding hydrogens is 220 g/mol. The van der Waals surface area contributed by atoms with Crippen LogP contribution in [0.15, 0.2) is 12.1 Å². The summed E-state index contributed by atoms with van der Waals surface area (Å²) < 4.78 is 6.01. The van der Waals surface area contributed by atoms with Crippen LogP contribution in [-0.2, 0) is 4.74 Å². The highest BCUT2D eigenvalue weighted by molar-refractivity contribution is 7.16. The van der Waals surface area contributed by atoms with E-state index in [1.165, 1.54) is 11.3 Å². The molecule has 4 heteroatoms. The molecule has 0 aliphatic carbocycles. The first-order chi connectivity index (χ1) is 6.74. The van der Waals surface area contributed by atoms with Gasteiger partial charge in [0.2, 0.25) is 0 Å². The molecule has 80 valence electrons. The molecule has 0 amide bonds. The number of ether oxygens (including phenoxy) is 1. The second-order valence-corrected chi connectivity index (χ2v) is 4.81. The average Bonchev–Trinajstić information content (AvgIpc) is 2.59. The van der Waals surface area contributed by atoms with Crippen LogP contribution in [-0.4, -0.2) is 18.3 Å². The van der Waals surface area contributed by atoms with Crippen molar-refractivity contribution < 1.29 is 9.84 Å². The van der Waals surface area contributed by atoms with Gasteiger partial charge in [-0.1, -0.05) is 18.5 Å². The van der Waals surface area contributed by atoms with Crippen molar-refractivity contribution in [2.24, 2.45) is 0 Å². The zero-order valence-corrected chi connectivity index (χ0v) is 9.77. The molecule has 0 saturated heterocycles. The predicted octanol–water partition coefficient (Wildman–Crippen LogP) is 3.25. The van der Waals surface area contributed by atoms with Gasteiger partial charge in [-0.15, -0.1) is 11.3 Å². The fourth-order valence-corrected chi connectivity index (χ4v) is 2.17. The maximum atomic E-state index is 9.70. The highest BCUT2D eigenvalue weighted by Crippen LogP contribution is 2.28. The fourth-order valence-electron chi connectivity index (χ4n) is 1.09. The molecule has 0 spiro atoms. The Hall–Kier alpha value is -0.0900. The Labute approximate surface area is 93.5 Å². The van der Waals surface area contributed by atoms with Gasteiger partial charge in [0.05, 0.1) is 10.4 Å². The van der Waals surface area contributed by atoms with E-state index in [1.54, 1.807) is 6.07 Å². The summed E-state index contributed by atoms with van der Waals surface area (Å²) in [6.07, 6.45) is 1.21. The molecule has 14 heavy (non-hydrogen) atoms. The van der Waals surface area contributed by atoms with Gasteiger partial charge >= 0.3 is 0 Å². The summed E-state index contributed by atoms with van der Waals surface area (Å²) in [5, 5.41) is 9.70. The van der Waals surface area contributed by atoms with Crippen LogP contribution in [0.25, 0.3) is 0 Å². The van der Waals surface area contributed by atoms with Crippen LogP contribution in [0, 0.1) is 0 Å². The van der Waals surface area contributed by atoms with Crippen molar-refractivity contribution in [3.05, 3.63) is 21.3 Å². The summed E-state index contributed by atoms with van der Waals surface area (Å²) in [7, 11) is 0. The number of hydrogen-bond acceptors (Lipinski definition) is 3. The smallest absolute Gasteiger partial charge is 0.0932 e. The lowest BCUT2D eigenvalue weighted by Gasteiger charge is -2.08. The van der Waals surface area contributed by atoms with Gasteiger partial charge < -0.3 is 9.84 Å². The van der Waals surface area contributed by atoms with Crippen molar-refractivity contribution in [3.8, 4) is 0 Å². The van der Waals surface area contributed by atoms with Gasteiger partial charge in [0.15, 0.2) is 0 Å². The minimum Gasteiger partial charge on any atom is -0.387 e. The molecule has 0 bridgehead atoms. The summed E-state index contributed by atoms with van der Waals surface area (Å²) in [6, 6.07) is 3.66. The molecule has 0 aromatic carbocycles. The zero-order chi connectivity index (χ0) is 10.4. The molecule has 0 fully saturated rings. The Morgan fingerprint density at radius 2 is 2.29 bits per heavy atom. The van der Waals surface area contributed by atoms with Gasteiger partial charge in [0.25, 0.3) is 0 Å². The van der Waals surface area contributed by atoms with E-state index in [2.05, 4.69) is 6.92 Å². The Kier molecular flexibility index (Phi) is 5.48. The highest BCUT2D eigenvalue weighted by Gasteiger charge is 2.09. The van der Waals surface area contributed by atoms with Crippen LogP contribution >= 0.6 is 22.9 Å². The van der Waals surface area contributed by atoms with E-state index in [9.17, 15) is 5.11 Å². The Morgan fingerprint density at radius 1 is 1.50 bits per heavy atom. The quantitative estimate of drug-likeness (QED) is 0.766. The van der Waals surface area contributed by atoms with Crippen molar-refractivity contribution in [2.45, 2.75) is 25.9 Å². The number of aliphatic hydroxyl groups is 1. The van der Waals surface area contributed by atoms with Crippen molar-refractivity contribution >= 4 is 22.9 Å². The average molecular weight is 235 g/mol. The lowest BCUT2D eigenvalue weighted by molar-refractivity contribution is 0.0837. The largest absolute Gasteiger partial charge is 0.387 e. The van der Waals surface area contributed by atoms with Crippen molar-refractivity contribution in [1.29, 1.82) is 0 Å². The number of halogens is 1. The SMILES string of the molecule is CCCOCCC(O)c1ccc(Cl)s1. The third kappa shape index (κ3) is 3.96. The molecule has 2 nitrogen and oxygen atoms in total. The first-order valence-electron chi connectivity index (χ1n) is 4.75. The van der Waals surface area contributed by atoms with E-state index < -0.39 is 6.10 Å². The van der Waals surface area contributed by atoms with E-state index in [-0.39, 0.29) is 0 Å².